The fourth-order valence-electron chi connectivity index (χ4n) is 5.24. The summed E-state index contributed by atoms with van der Waals surface area (Å²) in [5.74, 6) is -1.32. The first kappa shape index (κ1) is 19.0. The Morgan fingerprint density at radius 3 is 1.27 bits per heavy atom. The summed E-state index contributed by atoms with van der Waals surface area (Å²) in [6.45, 7) is 0.463. The summed E-state index contributed by atoms with van der Waals surface area (Å²) in [5.41, 5.74) is 1.66. The fraction of sp³-hybridized carbons (Fsp3) is 0.417. The lowest BCUT2D eigenvalue weighted by Gasteiger charge is -2.18. The summed E-state index contributed by atoms with van der Waals surface area (Å²) in [5, 5.41) is 0. The highest BCUT2D eigenvalue weighted by atomic mass is 16.2. The molecule has 154 valence electrons. The smallest absolute Gasteiger partial charge is 0.233 e. The predicted octanol–water partition coefficient (Wildman–Crippen LogP) is 2.59. The van der Waals surface area contributed by atoms with Gasteiger partial charge >= 0.3 is 0 Å². The van der Waals surface area contributed by atoms with Crippen LogP contribution in [-0.2, 0) is 32.3 Å². The standard InChI is InChI=1S/C24H24N2O4/c27-21-17-8-1-2-9-18(17)22(28)25(21)13-15-6-5-7-16(12-15)14-26-23(29)19-10-3-4-11-20(19)24(26)30/h1-7,12,17-20H,8-11,13-14H2/t17-,18-,19-,20+/m1/s1. The highest BCUT2D eigenvalue weighted by molar-refractivity contribution is 6.06. The molecule has 6 heteroatoms. The van der Waals surface area contributed by atoms with Crippen molar-refractivity contribution >= 4 is 23.6 Å². The highest BCUT2D eigenvalue weighted by Crippen LogP contribution is 2.37. The lowest BCUT2D eigenvalue weighted by Crippen LogP contribution is -2.31. The van der Waals surface area contributed by atoms with Crippen LogP contribution in [0.5, 0.6) is 0 Å². The average molecular weight is 404 g/mol. The number of amides is 4. The molecule has 2 aliphatic carbocycles. The number of imide groups is 2. The van der Waals surface area contributed by atoms with Crippen molar-refractivity contribution in [2.75, 3.05) is 0 Å². The quantitative estimate of drug-likeness (QED) is 0.571. The highest BCUT2D eigenvalue weighted by Gasteiger charge is 2.48. The number of hydrogen-bond donors (Lipinski definition) is 0. The van der Waals surface area contributed by atoms with Gasteiger partial charge in [0.25, 0.3) is 0 Å². The van der Waals surface area contributed by atoms with Crippen LogP contribution in [-0.4, -0.2) is 33.4 Å². The first-order valence-corrected chi connectivity index (χ1v) is 10.6. The van der Waals surface area contributed by atoms with E-state index in [9.17, 15) is 19.2 Å². The van der Waals surface area contributed by atoms with Crippen LogP contribution in [0.1, 0.15) is 36.8 Å². The molecule has 0 aromatic heterocycles. The summed E-state index contributed by atoms with van der Waals surface area (Å²) in [7, 11) is 0. The lowest BCUT2D eigenvalue weighted by molar-refractivity contribution is -0.142. The number of benzene rings is 1. The van der Waals surface area contributed by atoms with E-state index in [0.717, 1.165) is 11.1 Å². The van der Waals surface area contributed by atoms with Crippen molar-refractivity contribution in [2.24, 2.45) is 23.7 Å². The number of carbonyl (C=O) groups excluding carboxylic acids is 4. The van der Waals surface area contributed by atoms with E-state index in [2.05, 4.69) is 0 Å². The molecule has 1 aromatic carbocycles. The molecule has 0 spiro atoms. The molecule has 5 rings (SSSR count). The van der Waals surface area contributed by atoms with E-state index in [4.69, 9.17) is 0 Å². The van der Waals surface area contributed by atoms with E-state index in [0.29, 0.717) is 25.7 Å². The van der Waals surface area contributed by atoms with Gasteiger partial charge in [-0.05, 0) is 36.8 Å². The topological polar surface area (TPSA) is 74.8 Å². The zero-order valence-electron chi connectivity index (χ0n) is 16.7. The zero-order valence-corrected chi connectivity index (χ0v) is 16.7. The maximum Gasteiger partial charge on any atom is 0.233 e. The van der Waals surface area contributed by atoms with Crippen LogP contribution >= 0.6 is 0 Å². The van der Waals surface area contributed by atoms with Crippen LogP contribution < -0.4 is 0 Å². The molecule has 0 radical (unpaired) electrons. The molecule has 6 nitrogen and oxygen atoms in total. The summed E-state index contributed by atoms with van der Waals surface area (Å²) in [4.78, 5) is 53.6. The van der Waals surface area contributed by atoms with Gasteiger partial charge < -0.3 is 0 Å². The van der Waals surface area contributed by atoms with Gasteiger partial charge in [0.15, 0.2) is 0 Å². The maximum atomic E-state index is 12.7. The van der Waals surface area contributed by atoms with Gasteiger partial charge in [0.2, 0.25) is 23.6 Å². The number of rotatable bonds is 4. The van der Waals surface area contributed by atoms with E-state index < -0.39 is 0 Å². The van der Waals surface area contributed by atoms with Crippen LogP contribution in [0.2, 0.25) is 0 Å². The Kier molecular flexibility index (Phi) is 4.65. The molecular formula is C24H24N2O4. The Bertz CT molecular complexity index is 867. The molecule has 2 aliphatic heterocycles. The van der Waals surface area contributed by atoms with Crippen LogP contribution in [0.4, 0.5) is 0 Å². The Morgan fingerprint density at radius 1 is 0.600 bits per heavy atom. The van der Waals surface area contributed by atoms with Gasteiger partial charge in [-0.25, -0.2) is 0 Å². The molecule has 4 aliphatic rings. The maximum absolute atomic E-state index is 12.7. The molecular weight excluding hydrogens is 380 g/mol. The minimum absolute atomic E-state index is 0.0961. The summed E-state index contributed by atoms with van der Waals surface area (Å²) in [6, 6.07) is 7.49. The number of nitrogens with zero attached hydrogens (tertiary/aromatic N) is 2. The van der Waals surface area contributed by atoms with Crippen LogP contribution in [0.25, 0.3) is 0 Å². The van der Waals surface area contributed by atoms with Crippen LogP contribution in [0.3, 0.4) is 0 Å². The van der Waals surface area contributed by atoms with Crippen molar-refractivity contribution in [3.8, 4) is 0 Å². The predicted molar refractivity (Wildman–Crippen MR) is 108 cm³/mol. The van der Waals surface area contributed by atoms with E-state index >= 15 is 0 Å². The molecule has 30 heavy (non-hydrogen) atoms. The molecule has 2 saturated heterocycles. The number of likely N-dealkylation sites (tertiary alicyclic amines) is 2. The molecule has 0 unspecified atom stereocenters. The fourth-order valence-corrected chi connectivity index (χ4v) is 5.24. The average Bonchev–Trinajstić information content (AvgIpc) is 3.15. The molecule has 0 bridgehead atoms. The third kappa shape index (κ3) is 3.02. The number of allylic oxidation sites excluding steroid dienone is 4. The first-order chi connectivity index (χ1) is 14.5. The second-order valence-corrected chi connectivity index (χ2v) is 8.66. The van der Waals surface area contributed by atoms with Gasteiger partial charge in [-0.2, -0.15) is 0 Å². The Hall–Kier alpha value is -3.02. The lowest BCUT2D eigenvalue weighted by atomic mass is 9.85. The molecule has 2 fully saturated rings. The largest absolute Gasteiger partial charge is 0.278 e. The van der Waals surface area contributed by atoms with Crippen molar-refractivity contribution in [1.82, 2.24) is 9.80 Å². The van der Waals surface area contributed by atoms with Crippen molar-refractivity contribution in [3.63, 3.8) is 0 Å². The second-order valence-electron chi connectivity index (χ2n) is 8.66. The molecule has 0 N–H and O–H groups in total. The third-order valence-corrected chi connectivity index (χ3v) is 6.87. The summed E-state index contributed by atoms with van der Waals surface area (Å²) >= 11 is 0. The van der Waals surface area contributed by atoms with Crippen molar-refractivity contribution in [2.45, 2.75) is 38.8 Å². The number of carbonyl (C=O) groups is 4. The first-order valence-electron chi connectivity index (χ1n) is 10.6. The van der Waals surface area contributed by atoms with Crippen molar-refractivity contribution < 1.29 is 19.2 Å². The summed E-state index contributed by atoms with van der Waals surface area (Å²) < 4.78 is 0. The van der Waals surface area contributed by atoms with Crippen LogP contribution in [0.15, 0.2) is 48.6 Å². The minimum Gasteiger partial charge on any atom is -0.278 e. The van der Waals surface area contributed by atoms with Crippen molar-refractivity contribution in [1.29, 1.82) is 0 Å². The van der Waals surface area contributed by atoms with E-state index in [-0.39, 0.29) is 60.4 Å². The Balaban J connectivity index is 1.31. The monoisotopic (exact) mass is 404 g/mol. The molecule has 0 saturated carbocycles. The summed E-state index contributed by atoms with van der Waals surface area (Å²) in [6.07, 6.45) is 10.4. The van der Waals surface area contributed by atoms with E-state index in [1.54, 1.807) is 0 Å². The number of fused-ring (bicyclic) bond motifs is 2. The molecule has 4 amide bonds. The van der Waals surface area contributed by atoms with Gasteiger partial charge in [0.05, 0.1) is 36.8 Å². The van der Waals surface area contributed by atoms with Gasteiger partial charge in [0.1, 0.15) is 0 Å². The zero-order chi connectivity index (χ0) is 20.8. The third-order valence-electron chi connectivity index (χ3n) is 6.87. The Morgan fingerprint density at radius 2 is 0.933 bits per heavy atom. The molecule has 1 aromatic rings. The van der Waals surface area contributed by atoms with Crippen LogP contribution in [0, 0.1) is 23.7 Å². The normalized spacial score (nSPS) is 30.3. The van der Waals surface area contributed by atoms with E-state index in [1.165, 1.54) is 9.80 Å². The van der Waals surface area contributed by atoms with E-state index in [1.807, 2.05) is 48.6 Å². The van der Waals surface area contributed by atoms with Gasteiger partial charge in [-0.1, -0.05) is 48.6 Å². The van der Waals surface area contributed by atoms with Gasteiger partial charge in [-0.3, -0.25) is 29.0 Å². The van der Waals surface area contributed by atoms with Gasteiger partial charge in [0, 0.05) is 0 Å². The van der Waals surface area contributed by atoms with Crippen molar-refractivity contribution in [3.05, 3.63) is 59.7 Å². The molecule has 4 atom stereocenters. The van der Waals surface area contributed by atoms with Gasteiger partial charge in [-0.15, -0.1) is 0 Å². The Labute approximate surface area is 175 Å². The number of hydrogen-bond acceptors (Lipinski definition) is 4. The second kappa shape index (κ2) is 7.35. The SMILES string of the molecule is O=C1[C@H]2CC=CC[C@H]2C(=O)N1Cc1cccc(CN2C(=O)[C@@H]3CC=CC[C@H]3C2=O)c1. The minimum atomic E-state index is -0.234. The molecule has 2 heterocycles.